The highest BCUT2D eigenvalue weighted by Crippen LogP contribution is 2.16. The van der Waals surface area contributed by atoms with E-state index in [1.54, 1.807) is 24.0 Å². The number of nitrogens with zero attached hydrogens (tertiary/aromatic N) is 5. The second kappa shape index (κ2) is 4.69. The van der Waals surface area contributed by atoms with Gasteiger partial charge in [0.2, 0.25) is 0 Å². The zero-order valence-electron chi connectivity index (χ0n) is 10.7. The third-order valence-corrected chi connectivity index (χ3v) is 3.01. The third kappa shape index (κ3) is 2.09. The van der Waals surface area contributed by atoms with E-state index in [1.807, 2.05) is 18.2 Å². The van der Waals surface area contributed by atoms with E-state index in [0.717, 1.165) is 16.7 Å². The van der Waals surface area contributed by atoms with Crippen molar-refractivity contribution < 1.29 is 9.90 Å². The van der Waals surface area contributed by atoms with Gasteiger partial charge in [-0.15, -0.1) is 5.10 Å². The Hall–Kier alpha value is -2.83. The number of benzene rings is 1. The highest BCUT2D eigenvalue weighted by atomic mass is 16.4. The molecule has 0 bridgehead atoms. The maximum absolute atomic E-state index is 10.7. The number of hydrogen-bond donors (Lipinski definition) is 1. The zero-order chi connectivity index (χ0) is 14.1. The number of aliphatic carboxylic acids is 1. The van der Waals surface area contributed by atoms with Crippen LogP contribution >= 0.6 is 0 Å². The molecule has 20 heavy (non-hydrogen) atoms. The van der Waals surface area contributed by atoms with E-state index < -0.39 is 5.97 Å². The van der Waals surface area contributed by atoms with Crippen LogP contribution in [-0.4, -0.2) is 36.0 Å². The standard InChI is InChI=1S/C13H11N5O2/c1-8-11(7-13(19)20)16-17-18(8)9-2-3-10-12(6-9)15-5-4-14-10/h2-6H,7H2,1H3,(H,19,20). The number of fused-ring (bicyclic) bond motifs is 1. The minimum absolute atomic E-state index is 0.140. The van der Waals surface area contributed by atoms with Gasteiger partial charge in [-0.3, -0.25) is 14.8 Å². The average molecular weight is 269 g/mol. The van der Waals surface area contributed by atoms with Crippen LogP contribution in [0.25, 0.3) is 16.7 Å². The maximum Gasteiger partial charge on any atom is 0.309 e. The molecule has 0 saturated carbocycles. The average Bonchev–Trinajstić information content (AvgIpc) is 2.79. The molecule has 0 amide bonds. The van der Waals surface area contributed by atoms with Crippen LogP contribution in [0.5, 0.6) is 0 Å². The van der Waals surface area contributed by atoms with Gasteiger partial charge in [-0.2, -0.15) is 0 Å². The maximum atomic E-state index is 10.7. The normalized spacial score (nSPS) is 10.8. The molecule has 0 aliphatic heterocycles. The molecule has 1 aromatic carbocycles. The summed E-state index contributed by atoms with van der Waals surface area (Å²) in [5, 5.41) is 16.7. The van der Waals surface area contributed by atoms with E-state index in [1.165, 1.54) is 0 Å². The Morgan fingerprint density at radius 2 is 2.00 bits per heavy atom. The lowest BCUT2D eigenvalue weighted by Gasteiger charge is -2.04. The molecule has 0 radical (unpaired) electrons. The lowest BCUT2D eigenvalue weighted by atomic mass is 10.2. The van der Waals surface area contributed by atoms with Crippen LogP contribution in [0.15, 0.2) is 30.6 Å². The first kappa shape index (κ1) is 12.2. The molecule has 3 rings (SSSR count). The van der Waals surface area contributed by atoms with Crippen LogP contribution in [0, 0.1) is 6.92 Å². The number of carboxylic acids is 1. The smallest absolute Gasteiger partial charge is 0.309 e. The molecular weight excluding hydrogens is 258 g/mol. The molecule has 0 saturated heterocycles. The van der Waals surface area contributed by atoms with Crippen LogP contribution in [0.1, 0.15) is 11.4 Å². The minimum atomic E-state index is -0.926. The van der Waals surface area contributed by atoms with Gasteiger partial charge < -0.3 is 5.11 Å². The van der Waals surface area contributed by atoms with Gasteiger partial charge in [0.25, 0.3) is 0 Å². The predicted octanol–water partition coefficient (Wildman–Crippen LogP) is 1.15. The van der Waals surface area contributed by atoms with Gasteiger partial charge in [0.15, 0.2) is 0 Å². The fourth-order valence-corrected chi connectivity index (χ4v) is 2.00. The summed E-state index contributed by atoms with van der Waals surface area (Å²) >= 11 is 0. The molecule has 0 atom stereocenters. The second-order valence-corrected chi connectivity index (χ2v) is 4.33. The van der Waals surface area contributed by atoms with Crippen LogP contribution in [-0.2, 0) is 11.2 Å². The summed E-state index contributed by atoms with van der Waals surface area (Å²) in [5.41, 5.74) is 3.48. The number of carbonyl (C=O) groups is 1. The molecule has 1 N–H and O–H groups in total. The number of rotatable bonds is 3. The fourth-order valence-electron chi connectivity index (χ4n) is 2.00. The largest absolute Gasteiger partial charge is 0.481 e. The van der Waals surface area contributed by atoms with Crippen LogP contribution < -0.4 is 0 Å². The topological polar surface area (TPSA) is 93.8 Å². The van der Waals surface area contributed by atoms with E-state index in [-0.39, 0.29) is 6.42 Å². The Morgan fingerprint density at radius 3 is 2.75 bits per heavy atom. The Morgan fingerprint density at radius 1 is 1.25 bits per heavy atom. The van der Waals surface area contributed by atoms with Crippen molar-refractivity contribution in [3.63, 3.8) is 0 Å². The Balaban J connectivity index is 2.06. The zero-order valence-corrected chi connectivity index (χ0v) is 10.7. The summed E-state index contributed by atoms with van der Waals surface area (Å²) in [6, 6.07) is 5.54. The quantitative estimate of drug-likeness (QED) is 0.766. The summed E-state index contributed by atoms with van der Waals surface area (Å²) < 4.78 is 1.60. The molecule has 0 unspecified atom stereocenters. The van der Waals surface area contributed by atoms with E-state index in [4.69, 9.17) is 5.11 Å². The lowest BCUT2D eigenvalue weighted by molar-refractivity contribution is -0.136. The van der Waals surface area contributed by atoms with Crippen molar-refractivity contribution in [2.75, 3.05) is 0 Å². The second-order valence-electron chi connectivity index (χ2n) is 4.33. The summed E-state index contributed by atoms with van der Waals surface area (Å²) in [5.74, 6) is -0.926. The summed E-state index contributed by atoms with van der Waals surface area (Å²) in [7, 11) is 0. The van der Waals surface area contributed by atoms with Crippen molar-refractivity contribution in [1.29, 1.82) is 0 Å². The van der Waals surface area contributed by atoms with Gasteiger partial charge in [0.1, 0.15) is 0 Å². The highest BCUT2D eigenvalue weighted by Gasteiger charge is 2.13. The van der Waals surface area contributed by atoms with Gasteiger partial charge in [-0.05, 0) is 25.1 Å². The van der Waals surface area contributed by atoms with E-state index >= 15 is 0 Å². The van der Waals surface area contributed by atoms with Gasteiger partial charge >= 0.3 is 5.97 Å². The van der Waals surface area contributed by atoms with Gasteiger partial charge in [0.05, 0.1) is 34.5 Å². The molecule has 100 valence electrons. The van der Waals surface area contributed by atoms with Crippen LogP contribution in [0.3, 0.4) is 0 Å². The summed E-state index contributed by atoms with van der Waals surface area (Å²) in [6.07, 6.45) is 3.11. The fraction of sp³-hybridized carbons (Fsp3) is 0.154. The third-order valence-electron chi connectivity index (χ3n) is 3.01. The monoisotopic (exact) mass is 269 g/mol. The number of hydrogen-bond acceptors (Lipinski definition) is 5. The molecule has 0 fully saturated rings. The summed E-state index contributed by atoms with van der Waals surface area (Å²) in [4.78, 5) is 19.2. The predicted molar refractivity (Wildman–Crippen MR) is 70.5 cm³/mol. The van der Waals surface area contributed by atoms with Gasteiger partial charge in [0, 0.05) is 12.4 Å². The first-order chi connectivity index (χ1) is 9.65. The Kier molecular flexibility index (Phi) is 2.86. The van der Waals surface area contributed by atoms with E-state index in [9.17, 15) is 4.79 Å². The molecule has 0 aliphatic carbocycles. The van der Waals surface area contributed by atoms with Crippen molar-refractivity contribution in [3.8, 4) is 5.69 Å². The number of carboxylic acid groups (broad SMARTS) is 1. The van der Waals surface area contributed by atoms with Crippen LogP contribution in [0.2, 0.25) is 0 Å². The molecule has 0 spiro atoms. The van der Waals surface area contributed by atoms with E-state index in [2.05, 4.69) is 20.3 Å². The summed E-state index contributed by atoms with van der Waals surface area (Å²) in [6.45, 7) is 1.79. The molecule has 7 nitrogen and oxygen atoms in total. The first-order valence-corrected chi connectivity index (χ1v) is 5.99. The molecule has 2 aromatic heterocycles. The number of aromatic nitrogens is 5. The molecule has 3 aromatic rings. The van der Waals surface area contributed by atoms with Crippen molar-refractivity contribution in [1.82, 2.24) is 25.0 Å². The molecule has 2 heterocycles. The molecule has 0 aliphatic rings. The lowest BCUT2D eigenvalue weighted by Crippen LogP contribution is -2.03. The molecular formula is C13H11N5O2. The van der Waals surface area contributed by atoms with Crippen molar-refractivity contribution >= 4 is 17.0 Å². The Labute approximate surface area is 113 Å². The molecule has 7 heteroatoms. The first-order valence-electron chi connectivity index (χ1n) is 5.99. The van der Waals surface area contributed by atoms with E-state index in [0.29, 0.717) is 11.4 Å². The van der Waals surface area contributed by atoms with Crippen LogP contribution in [0.4, 0.5) is 0 Å². The Bertz CT molecular complexity index is 796. The van der Waals surface area contributed by atoms with Crippen molar-refractivity contribution in [3.05, 3.63) is 42.0 Å². The van der Waals surface area contributed by atoms with Gasteiger partial charge in [-0.25, -0.2) is 4.68 Å². The SMILES string of the molecule is Cc1c(CC(=O)O)nnn1-c1ccc2nccnc2c1. The minimum Gasteiger partial charge on any atom is -0.481 e. The van der Waals surface area contributed by atoms with Crippen molar-refractivity contribution in [2.24, 2.45) is 0 Å². The highest BCUT2D eigenvalue weighted by molar-refractivity contribution is 5.76. The van der Waals surface area contributed by atoms with Crippen molar-refractivity contribution in [2.45, 2.75) is 13.3 Å². The van der Waals surface area contributed by atoms with Gasteiger partial charge in [-0.1, -0.05) is 5.21 Å².